The van der Waals surface area contributed by atoms with E-state index in [9.17, 15) is 15.2 Å². The van der Waals surface area contributed by atoms with Crippen LogP contribution in [0.1, 0.15) is 16.7 Å². The third-order valence-electron chi connectivity index (χ3n) is 5.32. The van der Waals surface area contributed by atoms with Crippen LogP contribution in [-0.4, -0.2) is 20.1 Å². The summed E-state index contributed by atoms with van der Waals surface area (Å²) < 4.78 is 0. The van der Waals surface area contributed by atoms with E-state index in [-0.39, 0.29) is 16.5 Å². The maximum Gasteiger partial charge on any atom is 0.290 e. The molecule has 0 radical (unpaired) electrons. The highest BCUT2D eigenvalue weighted by Crippen LogP contribution is 2.32. The van der Waals surface area contributed by atoms with E-state index in [0.717, 1.165) is 21.6 Å². The summed E-state index contributed by atoms with van der Waals surface area (Å²) in [6, 6.07) is 29.7. The molecule has 0 aliphatic carbocycles. The fraction of sp³-hybridized carbons (Fsp3) is 0.107. The summed E-state index contributed by atoms with van der Waals surface area (Å²) >= 11 is 7.52. The Morgan fingerprint density at radius 1 is 0.944 bits per heavy atom. The average Bonchev–Trinajstić information content (AvgIpc) is 2.85. The first-order valence-electron chi connectivity index (χ1n) is 11.2. The molecule has 4 rings (SSSR count). The average molecular weight is 518 g/mol. The van der Waals surface area contributed by atoms with Crippen molar-refractivity contribution in [3.05, 3.63) is 129 Å². The summed E-state index contributed by atoms with van der Waals surface area (Å²) in [6.45, 7) is 3.04. The number of phenolic OH excluding ortho intramolecular Hbond substituents is 1. The summed E-state index contributed by atoms with van der Waals surface area (Å²) in [4.78, 5) is 18.9. The zero-order valence-electron chi connectivity index (χ0n) is 19.5. The maximum atomic E-state index is 11.5. The molecule has 0 unspecified atom stereocenters. The van der Waals surface area contributed by atoms with Gasteiger partial charge in [0.15, 0.2) is 5.17 Å². The van der Waals surface area contributed by atoms with Crippen molar-refractivity contribution in [2.45, 2.75) is 24.9 Å². The molecule has 0 heterocycles. The van der Waals surface area contributed by atoms with Gasteiger partial charge in [0, 0.05) is 24.1 Å². The molecule has 1 N–H and O–H groups in total. The number of hydrogen-bond donors (Lipinski definition) is 1. The molecule has 0 aromatic heterocycles. The zero-order chi connectivity index (χ0) is 25.5. The number of amidine groups is 1. The molecule has 0 atom stereocenters. The van der Waals surface area contributed by atoms with Gasteiger partial charge in [0.05, 0.1) is 10.6 Å². The summed E-state index contributed by atoms with van der Waals surface area (Å²) in [7, 11) is 0. The van der Waals surface area contributed by atoms with Gasteiger partial charge in [0.1, 0.15) is 10.8 Å². The summed E-state index contributed by atoms with van der Waals surface area (Å²) in [5, 5.41) is 22.2. The molecule has 6 nitrogen and oxygen atoms in total. The molecule has 182 valence electrons. The van der Waals surface area contributed by atoms with E-state index in [2.05, 4.69) is 11.0 Å². The van der Waals surface area contributed by atoms with Gasteiger partial charge in [-0.2, -0.15) is 0 Å². The van der Waals surface area contributed by atoms with Crippen LogP contribution < -0.4 is 0 Å². The Balaban J connectivity index is 1.80. The molecule has 0 aliphatic rings. The van der Waals surface area contributed by atoms with Crippen LogP contribution in [0.4, 0.5) is 11.4 Å². The number of hydrogen-bond acceptors (Lipinski definition) is 5. The predicted molar refractivity (Wildman–Crippen MR) is 146 cm³/mol. The van der Waals surface area contributed by atoms with Crippen LogP contribution in [0, 0.1) is 17.0 Å². The molecule has 8 heteroatoms. The van der Waals surface area contributed by atoms with Crippen molar-refractivity contribution < 1.29 is 10.0 Å². The smallest absolute Gasteiger partial charge is 0.290 e. The van der Waals surface area contributed by atoms with E-state index >= 15 is 0 Å². The van der Waals surface area contributed by atoms with E-state index in [1.165, 1.54) is 23.9 Å². The van der Waals surface area contributed by atoms with Crippen molar-refractivity contribution in [3.8, 4) is 5.75 Å². The summed E-state index contributed by atoms with van der Waals surface area (Å²) in [5.41, 5.74) is 3.34. The minimum absolute atomic E-state index is 0.0627. The number of rotatable bonds is 7. The minimum Gasteiger partial charge on any atom is -0.508 e. The second kappa shape index (κ2) is 11.7. The highest BCUT2D eigenvalue weighted by atomic mass is 35.5. The van der Waals surface area contributed by atoms with Crippen LogP contribution in [0.15, 0.2) is 107 Å². The number of aryl methyl sites for hydroxylation is 1. The molecular formula is C28H24ClN3O3S. The first-order valence-corrected chi connectivity index (χ1v) is 12.4. The Morgan fingerprint density at radius 3 is 2.39 bits per heavy atom. The minimum atomic E-state index is -0.511. The largest absolute Gasteiger partial charge is 0.508 e. The molecule has 0 spiro atoms. The van der Waals surface area contributed by atoms with Gasteiger partial charge in [-0.25, -0.2) is 4.99 Å². The molecule has 0 saturated heterocycles. The van der Waals surface area contributed by atoms with Crippen LogP contribution in [0.25, 0.3) is 0 Å². The molecular weight excluding hydrogens is 494 g/mol. The van der Waals surface area contributed by atoms with Crippen LogP contribution in [0.5, 0.6) is 5.75 Å². The Kier molecular flexibility index (Phi) is 8.25. The lowest BCUT2D eigenvalue weighted by Crippen LogP contribution is -2.28. The monoisotopic (exact) mass is 517 g/mol. The number of benzene rings is 4. The van der Waals surface area contributed by atoms with Crippen LogP contribution in [0.2, 0.25) is 5.02 Å². The summed E-state index contributed by atoms with van der Waals surface area (Å²) in [6.07, 6.45) is 0. The Morgan fingerprint density at radius 2 is 1.67 bits per heavy atom. The highest BCUT2D eigenvalue weighted by Gasteiger charge is 2.18. The number of nitro benzene ring substituents is 1. The first-order chi connectivity index (χ1) is 17.4. The quantitative estimate of drug-likeness (QED) is 0.0891. The van der Waals surface area contributed by atoms with Crippen molar-refractivity contribution in [2.75, 3.05) is 0 Å². The Labute approximate surface area is 219 Å². The first kappa shape index (κ1) is 25.3. The van der Waals surface area contributed by atoms with Gasteiger partial charge in [-0.3, -0.25) is 10.1 Å². The van der Waals surface area contributed by atoms with E-state index in [1.54, 1.807) is 24.3 Å². The molecule has 4 aromatic rings. The van der Waals surface area contributed by atoms with Crippen LogP contribution in [0.3, 0.4) is 0 Å². The second-order valence-electron chi connectivity index (χ2n) is 8.22. The lowest BCUT2D eigenvalue weighted by Gasteiger charge is -2.26. The maximum absolute atomic E-state index is 11.5. The van der Waals surface area contributed by atoms with Gasteiger partial charge in [0.2, 0.25) is 0 Å². The molecule has 0 fully saturated rings. The molecule has 0 bridgehead atoms. The van der Waals surface area contributed by atoms with Crippen molar-refractivity contribution in [3.63, 3.8) is 0 Å². The van der Waals surface area contributed by atoms with Crippen molar-refractivity contribution >= 4 is 39.9 Å². The van der Waals surface area contributed by atoms with E-state index in [4.69, 9.17) is 16.6 Å². The van der Waals surface area contributed by atoms with Gasteiger partial charge in [-0.1, -0.05) is 83.5 Å². The number of phenols is 1. The number of aliphatic imine (C=N–C) groups is 1. The Bertz CT molecular complexity index is 1400. The van der Waals surface area contributed by atoms with Crippen molar-refractivity contribution in [1.29, 1.82) is 0 Å². The van der Waals surface area contributed by atoms with E-state index in [0.29, 0.717) is 23.9 Å². The van der Waals surface area contributed by atoms with Gasteiger partial charge in [-0.05, 0) is 54.4 Å². The SMILES string of the molecule is Cc1cccc(SC(=Nc2ccc(Cl)c([N+](=O)[O-])c2)N(Cc2ccccc2)Cc2cccc(O)c2)c1. The van der Waals surface area contributed by atoms with E-state index < -0.39 is 4.92 Å². The standard InChI is InChI=1S/C28H24ClN3O3S/c1-20-7-5-12-25(15-20)36-28(30-23-13-14-26(29)27(17-23)32(34)35)31(18-21-8-3-2-4-9-21)19-22-10-6-11-24(33)16-22/h2-17,33H,18-19H2,1H3. The molecule has 0 saturated carbocycles. The number of aromatic hydroxyl groups is 1. The second-order valence-corrected chi connectivity index (χ2v) is 9.67. The van der Waals surface area contributed by atoms with Gasteiger partial charge in [0.25, 0.3) is 5.69 Å². The summed E-state index contributed by atoms with van der Waals surface area (Å²) in [5.74, 6) is 0.185. The van der Waals surface area contributed by atoms with Crippen molar-refractivity contribution in [1.82, 2.24) is 4.90 Å². The normalized spacial score (nSPS) is 11.3. The lowest BCUT2D eigenvalue weighted by molar-refractivity contribution is -0.384. The highest BCUT2D eigenvalue weighted by molar-refractivity contribution is 8.13. The molecule has 0 aliphatic heterocycles. The third-order valence-corrected chi connectivity index (χ3v) is 6.66. The predicted octanol–water partition coefficient (Wildman–Crippen LogP) is 7.74. The zero-order valence-corrected chi connectivity index (χ0v) is 21.1. The van der Waals surface area contributed by atoms with Crippen LogP contribution >= 0.6 is 23.4 Å². The van der Waals surface area contributed by atoms with Crippen molar-refractivity contribution in [2.24, 2.45) is 4.99 Å². The fourth-order valence-electron chi connectivity index (χ4n) is 3.63. The topological polar surface area (TPSA) is 79.0 Å². The fourth-order valence-corrected chi connectivity index (χ4v) is 4.83. The van der Waals surface area contributed by atoms with Gasteiger partial charge >= 0.3 is 0 Å². The molecule has 4 aromatic carbocycles. The van der Waals surface area contributed by atoms with Gasteiger partial charge in [-0.15, -0.1) is 0 Å². The molecule has 36 heavy (non-hydrogen) atoms. The van der Waals surface area contributed by atoms with E-state index in [1.807, 2.05) is 61.5 Å². The Hall–Kier alpha value is -3.81. The third kappa shape index (κ3) is 6.87. The molecule has 0 amide bonds. The lowest BCUT2D eigenvalue weighted by atomic mass is 10.1. The van der Waals surface area contributed by atoms with Crippen LogP contribution in [-0.2, 0) is 13.1 Å². The number of nitrogens with zero attached hydrogens (tertiary/aromatic N) is 3. The number of halogens is 1. The van der Waals surface area contributed by atoms with Gasteiger partial charge < -0.3 is 10.0 Å². The number of nitro groups is 1. The number of thioether (sulfide) groups is 1.